The first-order chi connectivity index (χ1) is 14.4. The summed E-state index contributed by atoms with van der Waals surface area (Å²) in [5, 5.41) is 23.8. The highest BCUT2D eigenvalue weighted by molar-refractivity contribution is 7.99. The molecule has 1 aromatic heterocycles. The molecule has 2 unspecified atom stereocenters. The fourth-order valence-corrected chi connectivity index (χ4v) is 5.72. The first kappa shape index (κ1) is 24.6. The monoisotopic (exact) mass is 457 g/mol. The van der Waals surface area contributed by atoms with Crippen LogP contribution in [-0.4, -0.2) is 70.4 Å². The number of carbonyl (C=O) groups excluding carboxylic acids is 1. The highest BCUT2D eigenvalue weighted by Crippen LogP contribution is 2.35. The predicted molar refractivity (Wildman–Crippen MR) is 119 cm³/mol. The van der Waals surface area contributed by atoms with Crippen LogP contribution in [0.15, 0.2) is 17.5 Å². The first-order valence-electron chi connectivity index (χ1n) is 10.3. The number of nitrogens with one attached hydrogen (secondary N) is 1. The number of hydrogen-bond donors (Lipinski definition) is 4. The Balaban J connectivity index is 2.00. The molecule has 168 valence electrons. The van der Waals surface area contributed by atoms with Crippen LogP contribution in [0, 0.1) is 0 Å². The summed E-state index contributed by atoms with van der Waals surface area (Å²) in [6.07, 6.45) is 5.12. The van der Waals surface area contributed by atoms with Crippen molar-refractivity contribution in [2.75, 3.05) is 25.4 Å². The van der Waals surface area contributed by atoms with Crippen LogP contribution in [0.3, 0.4) is 0 Å². The van der Waals surface area contributed by atoms with Crippen LogP contribution in [0.5, 0.6) is 0 Å². The number of carboxylic acid groups (broad SMARTS) is 2. The third-order valence-corrected chi connectivity index (χ3v) is 7.51. The van der Waals surface area contributed by atoms with Gasteiger partial charge in [0.25, 0.3) is 0 Å². The Labute approximate surface area is 185 Å². The Bertz CT molecular complexity index is 686. The van der Waals surface area contributed by atoms with Gasteiger partial charge in [0.2, 0.25) is 5.91 Å². The van der Waals surface area contributed by atoms with Crippen molar-refractivity contribution in [1.29, 1.82) is 0 Å². The van der Waals surface area contributed by atoms with E-state index >= 15 is 0 Å². The second-order valence-corrected chi connectivity index (χ2v) is 9.62. The number of amides is 1. The van der Waals surface area contributed by atoms with Gasteiger partial charge in [-0.1, -0.05) is 31.7 Å². The minimum atomic E-state index is -1.08. The number of carboxylic acids is 2. The van der Waals surface area contributed by atoms with Gasteiger partial charge in [-0.25, -0.2) is 0 Å². The van der Waals surface area contributed by atoms with Crippen LogP contribution in [-0.2, 0) is 14.4 Å². The number of unbranched alkanes of at least 4 members (excludes halogenated alkanes) is 4. The number of hydrogen-bond acceptors (Lipinski definition) is 7. The molecular formula is C20H31N3O5S2. The lowest BCUT2D eigenvalue weighted by molar-refractivity contribution is -0.146. The van der Waals surface area contributed by atoms with Crippen LogP contribution in [0.4, 0.5) is 0 Å². The van der Waals surface area contributed by atoms with Crippen molar-refractivity contribution in [3.8, 4) is 0 Å². The maximum Gasteiger partial charge on any atom is 0.323 e. The van der Waals surface area contributed by atoms with Gasteiger partial charge in [-0.2, -0.15) is 0 Å². The SMILES string of the molecule is NCCCCCCC[C@@H](NC1CSC(c2cccs2)CN(CC(=O)O)C1=O)C(=O)O. The van der Waals surface area contributed by atoms with E-state index < -0.39 is 30.6 Å². The van der Waals surface area contributed by atoms with Crippen LogP contribution >= 0.6 is 23.1 Å². The molecule has 0 radical (unpaired) electrons. The summed E-state index contributed by atoms with van der Waals surface area (Å²) >= 11 is 3.13. The van der Waals surface area contributed by atoms with Crippen molar-refractivity contribution < 1.29 is 24.6 Å². The number of rotatable bonds is 13. The smallest absolute Gasteiger partial charge is 0.323 e. The highest BCUT2D eigenvalue weighted by Gasteiger charge is 2.35. The van der Waals surface area contributed by atoms with E-state index in [1.807, 2.05) is 17.5 Å². The molecule has 0 spiro atoms. The maximum atomic E-state index is 13.0. The number of carbonyl (C=O) groups is 3. The van der Waals surface area contributed by atoms with Crippen molar-refractivity contribution in [3.05, 3.63) is 22.4 Å². The molecule has 1 saturated heterocycles. The summed E-state index contributed by atoms with van der Waals surface area (Å²) in [7, 11) is 0. The maximum absolute atomic E-state index is 13.0. The minimum absolute atomic E-state index is 0.0223. The molecule has 0 aromatic carbocycles. The molecular weight excluding hydrogens is 426 g/mol. The second-order valence-electron chi connectivity index (χ2n) is 7.41. The molecule has 0 saturated carbocycles. The van der Waals surface area contributed by atoms with Gasteiger partial charge in [-0.15, -0.1) is 23.1 Å². The van der Waals surface area contributed by atoms with Crippen LogP contribution in [0.2, 0.25) is 0 Å². The van der Waals surface area contributed by atoms with E-state index in [9.17, 15) is 24.6 Å². The Morgan fingerprint density at radius 2 is 1.97 bits per heavy atom. The number of aliphatic carboxylic acids is 2. The molecule has 5 N–H and O–H groups in total. The summed E-state index contributed by atoms with van der Waals surface area (Å²) in [4.78, 5) is 38.4. The summed E-state index contributed by atoms with van der Waals surface area (Å²) < 4.78 is 0. The quantitative estimate of drug-likeness (QED) is 0.331. The zero-order valence-corrected chi connectivity index (χ0v) is 18.6. The topological polar surface area (TPSA) is 133 Å². The molecule has 1 aliphatic heterocycles. The molecule has 3 atom stereocenters. The standard InChI is InChI=1S/C20H31N3O5S2/c21-9-5-3-1-2-4-7-14(20(27)28)22-15-13-30-17(16-8-6-10-29-16)11-23(19(15)26)12-18(24)25/h6,8,10,14-15,17,22H,1-5,7,9,11-13,21H2,(H,24,25)(H,27,28)/t14-,15?,17?/m1/s1. The van der Waals surface area contributed by atoms with Gasteiger partial charge in [-0.05, 0) is 30.8 Å². The highest BCUT2D eigenvalue weighted by atomic mass is 32.2. The average Bonchev–Trinajstić information content (AvgIpc) is 3.19. The average molecular weight is 458 g/mol. The number of nitrogens with zero attached hydrogens (tertiary/aromatic N) is 1. The van der Waals surface area contributed by atoms with Crippen molar-refractivity contribution >= 4 is 40.9 Å². The van der Waals surface area contributed by atoms with E-state index in [0.717, 1.165) is 37.0 Å². The summed E-state index contributed by atoms with van der Waals surface area (Å²) in [5.74, 6) is -2.01. The van der Waals surface area contributed by atoms with Crippen molar-refractivity contribution in [1.82, 2.24) is 10.2 Å². The lowest BCUT2D eigenvalue weighted by Gasteiger charge is -2.26. The zero-order valence-electron chi connectivity index (χ0n) is 17.0. The molecule has 1 amide bonds. The Morgan fingerprint density at radius 3 is 2.60 bits per heavy atom. The van der Waals surface area contributed by atoms with E-state index in [1.54, 1.807) is 23.1 Å². The summed E-state index contributed by atoms with van der Waals surface area (Å²) in [6, 6.07) is 2.35. The summed E-state index contributed by atoms with van der Waals surface area (Å²) in [6.45, 7) is 0.575. The number of thioether (sulfide) groups is 1. The third kappa shape index (κ3) is 7.90. The van der Waals surface area contributed by atoms with Gasteiger partial charge in [0.1, 0.15) is 12.6 Å². The first-order valence-corrected chi connectivity index (χ1v) is 12.2. The van der Waals surface area contributed by atoms with E-state index in [2.05, 4.69) is 5.32 Å². The Hall–Kier alpha value is -1.62. The lowest BCUT2D eigenvalue weighted by Crippen LogP contribution is -2.53. The minimum Gasteiger partial charge on any atom is -0.480 e. The normalized spacial score (nSPS) is 20.7. The molecule has 1 aliphatic rings. The van der Waals surface area contributed by atoms with Crippen molar-refractivity contribution in [2.45, 2.75) is 55.9 Å². The van der Waals surface area contributed by atoms with Crippen LogP contribution in [0.25, 0.3) is 0 Å². The Morgan fingerprint density at radius 1 is 1.23 bits per heavy atom. The van der Waals surface area contributed by atoms with Gasteiger partial charge in [0, 0.05) is 17.2 Å². The predicted octanol–water partition coefficient (Wildman–Crippen LogP) is 2.16. The van der Waals surface area contributed by atoms with E-state index in [1.165, 1.54) is 4.90 Å². The zero-order chi connectivity index (χ0) is 21.9. The molecule has 10 heteroatoms. The van der Waals surface area contributed by atoms with Gasteiger partial charge in [-0.3, -0.25) is 19.7 Å². The third-order valence-electron chi connectivity index (χ3n) is 5.04. The fourth-order valence-electron chi connectivity index (χ4n) is 3.46. The second kappa shape index (κ2) is 12.9. The molecule has 8 nitrogen and oxygen atoms in total. The van der Waals surface area contributed by atoms with Crippen molar-refractivity contribution in [3.63, 3.8) is 0 Å². The van der Waals surface area contributed by atoms with E-state index in [4.69, 9.17) is 5.73 Å². The van der Waals surface area contributed by atoms with Gasteiger partial charge >= 0.3 is 11.9 Å². The Kier molecular flexibility index (Phi) is 10.6. The molecule has 0 bridgehead atoms. The van der Waals surface area contributed by atoms with E-state index in [-0.39, 0.29) is 11.2 Å². The van der Waals surface area contributed by atoms with Gasteiger partial charge in [0.15, 0.2) is 0 Å². The number of nitrogens with two attached hydrogens (primary N) is 1. The van der Waals surface area contributed by atoms with Crippen LogP contribution in [0.1, 0.15) is 48.7 Å². The fraction of sp³-hybridized carbons (Fsp3) is 0.650. The molecule has 0 aliphatic carbocycles. The van der Waals surface area contributed by atoms with Crippen molar-refractivity contribution in [2.24, 2.45) is 5.73 Å². The molecule has 2 rings (SSSR count). The molecule has 30 heavy (non-hydrogen) atoms. The van der Waals surface area contributed by atoms with E-state index in [0.29, 0.717) is 25.3 Å². The summed E-state index contributed by atoms with van der Waals surface area (Å²) in [5.41, 5.74) is 5.48. The van der Waals surface area contributed by atoms with Gasteiger partial charge < -0.3 is 20.8 Å². The molecule has 1 fully saturated rings. The number of thiophene rings is 1. The molecule has 2 heterocycles. The van der Waals surface area contributed by atoms with Crippen LogP contribution < -0.4 is 11.1 Å². The molecule has 1 aromatic rings. The lowest BCUT2D eigenvalue weighted by atomic mass is 10.1. The largest absolute Gasteiger partial charge is 0.480 e. The van der Waals surface area contributed by atoms with Gasteiger partial charge in [0.05, 0.1) is 11.3 Å².